The van der Waals surface area contributed by atoms with Crippen LogP contribution in [-0.4, -0.2) is 38.2 Å². The Hall–Kier alpha value is -3.00. The van der Waals surface area contributed by atoms with Crippen molar-refractivity contribution in [2.45, 2.75) is 39.8 Å². The normalized spacial score (nSPS) is 15.2. The van der Waals surface area contributed by atoms with Crippen molar-refractivity contribution in [1.29, 1.82) is 0 Å². The van der Waals surface area contributed by atoms with E-state index in [1.54, 1.807) is 29.7 Å². The van der Waals surface area contributed by atoms with Gasteiger partial charge in [-0.15, -0.1) is 11.3 Å². The van der Waals surface area contributed by atoms with Crippen LogP contribution in [0, 0.1) is 18.7 Å². The molecule has 0 unspecified atom stereocenters. The second kappa shape index (κ2) is 8.16. The summed E-state index contributed by atoms with van der Waals surface area (Å²) in [4.78, 5) is 29.3. The number of hydrogen-bond donors (Lipinski definition) is 0. The molecule has 0 radical (unpaired) electrons. The minimum absolute atomic E-state index is 0.0580. The number of hydrogen-bond acceptors (Lipinski definition) is 4. The van der Waals surface area contributed by atoms with Gasteiger partial charge in [0.05, 0.1) is 16.4 Å². The Morgan fingerprint density at radius 3 is 2.66 bits per heavy atom. The maximum Gasteiger partial charge on any atom is 0.291 e. The number of carbonyl (C=O) groups excluding carboxylic acids is 1. The molecule has 32 heavy (non-hydrogen) atoms. The van der Waals surface area contributed by atoms with Gasteiger partial charge >= 0.3 is 0 Å². The van der Waals surface area contributed by atoms with Crippen LogP contribution in [0.25, 0.3) is 21.1 Å². The molecule has 4 heterocycles. The summed E-state index contributed by atoms with van der Waals surface area (Å²) in [6, 6.07) is 8.37. The Labute approximate surface area is 188 Å². The molecular formula is C24H25FN4O2S. The number of fused-ring (bicyclic) bond motifs is 3. The lowest BCUT2D eigenvalue weighted by molar-refractivity contribution is -0.133. The molecule has 1 aliphatic rings. The molecule has 0 spiro atoms. The van der Waals surface area contributed by atoms with Gasteiger partial charge in [-0.1, -0.05) is 19.1 Å². The summed E-state index contributed by atoms with van der Waals surface area (Å²) in [6.45, 7) is 6.07. The monoisotopic (exact) mass is 452 g/mol. The van der Waals surface area contributed by atoms with Crippen LogP contribution in [0.4, 0.5) is 4.39 Å². The highest BCUT2D eigenvalue weighted by Gasteiger charge is 2.23. The van der Waals surface area contributed by atoms with Crippen LogP contribution in [0.15, 0.2) is 41.3 Å². The second-order valence-electron chi connectivity index (χ2n) is 8.72. The Morgan fingerprint density at radius 2 is 1.94 bits per heavy atom. The van der Waals surface area contributed by atoms with Gasteiger partial charge in [0.2, 0.25) is 5.91 Å². The van der Waals surface area contributed by atoms with Crippen LogP contribution in [0.5, 0.6) is 0 Å². The number of likely N-dealkylation sites (tertiary alicyclic amines) is 1. The lowest BCUT2D eigenvalue weighted by Crippen LogP contribution is -2.41. The van der Waals surface area contributed by atoms with E-state index in [0.717, 1.165) is 52.0 Å². The summed E-state index contributed by atoms with van der Waals surface area (Å²) in [6.07, 6.45) is 3.67. The van der Waals surface area contributed by atoms with Crippen molar-refractivity contribution in [3.05, 3.63) is 63.1 Å². The summed E-state index contributed by atoms with van der Waals surface area (Å²) < 4.78 is 17.6. The highest BCUT2D eigenvalue weighted by atomic mass is 32.1. The third-order valence-corrected chi connectivity index (χ3v) is 7.41. The Bertz CT molecular complexity index is 1360. The standard InChI is InChI=1S/C24H25FN4O2S/c1-15-7-9-27(10-8-15)21(30)14-29-24(31)22-19(12-26-29)23-20(11-16(2)32-23)28(22)13-17-3-5-18(25)6-4-17/h3-6,11-12,15H,7-10,13-14H2,1-2H3. The topological polar surface area (TPSA) is 60.1 Å². The number of piperidine rings is 1. The van der Waals surface area contributed by atoms with Gasteiger partial charge < -0.3 is 9.47 Å². The second-order valence-corrected chi connectivity index (χ2v) is 9.97. The number of benzene rings is 1. The molecule has 6 nitrogen and oxygen atoms in total. The average Bonchev–Trinajstić information content (AvgIpc) is 3.28. The molecule has 1 amide bonds. The van der Waals surface area contributed by atoms with E-state index in [1.165, 1.54) is 16.8 Å². The molecule has 0 atom stereocenters. The summed E-state index contributed by atoms with van der Waals surface area (Å²) in [7, 11) is 0. The summed E-state index contributed by atoms with van der Waals surface area (Å²) in [5.74, 6) is 0.266. The molecule has 3 aromatic heterocycles. The van der Waals surface area contributed by atoms with Crippen LogP contribution in [-0.2, 0) is 17.9 Å². The number of thiophene rings is 1. The van der Waals surface area contributed by atoms with E-state index in [-0.39, 0.29) is 23.8 Å². The first-order valence-electron chi connectivity index (χ1n) is 10.9. The quantitative estimate of drug-likeness (QED) is 0.467. The van der Waals surface area contributed by atoms with Crippen LogP contribution in [0.1, 0.15) is 30.2 Å². The predicted octanol–water partition coefficient (Wildman–Crippen LogP) is 4.17. The van der Waals surface area contributed by atoms with Crippen molar-refractivity contribution >= 4 is 38.4 Å². The van der Waals surface area contributed by atoms with Gasteiger partial charge in [-0.2, -0.15) is 5.10 Å². The Morgan fingerprint density at radius 1 is 1.22 bits per heavy atom. The highest BCUT2D eigenvalue weighted by Crippen LogP contribution is 2.34. The molecule has 0 bridgehead atoms. The van der Waals surface area contributed by atoms with Crippen LogP contribution in [0.2, 0.25) is 0 Å². The zero-order valence-corrected chi connectivity index (χ0v) is 19.0. The minimum Gasteiger partial charge on any atom is -0.341 e. The Balaban J connectivity index is 1.56. The van der Waals surface area contributed by atoms with Gasteiger partial charge in [-0.25, -0.2) is 9.07 Å². The number of amides is 1. The molecule has 1 aliphatic heterocycles. The first-order chi connectivity index (χ1) is 15.4. The molecule has 0 aliphatic carbocycles. The van der Waals surface area contributed by atoms with E-state index in [4.69, 9.17) is 0 Å². The van der Waals surface area contributed by atoms with Gasteiger partial charge in [0.15, 0.2) is 0 Å². The van der Waals surface area contributed by atoms with Crippen LogP contribution in [0.3, 0.4) is 0 Å². The van der Waals surface area contributed by atoms with Crippen molar-refractivity contribution in [3.8, 4) is 0 Å². The smallest absolute Gasteiger partial charge is 0.291 e. The lowest BCUT2D eigenvalue weighted by atomic mass is 9.99. The van der Waals surface area contributed by atoms with Gasteiger partial charge in [0, 0.05) is 29.9 Å². The fourth-order valence-corrected chi connectivity index (χ4v) is 5.48. The zero-order valence-electron chi connectivity index (χ0n) is 18.2. The maximum absolute atomic E-state index is 13.5. The molecular weight excluding hydrogens is 427 g/mol. The fourth-order valence-electron chi connectivity index (χ4n) is 4.46. The van der Waals surface area contributed by atoms with E-state index in [1.807, 2.05) is 16.4 Å². The number of aryl methyl sites for hydroxylation is 1. The fraction of sp³-hybridized carbons (Fsp3) is 0.375. The molecule has 0 saturated carbocycles. The average molecular weight is 453 g/mol. The van der Waals surface area contributed by atoms with E-state index in [0.29, 0.717) is 18.0 Å². The molecule has 1 fully saturated rings. The predicted molar refractivity (Wildman–Crippen MR) is 125 cm³/mol. The van der Waals surface area contributed by atoms with Crippen LogP contribution < -0.4 is 5.56 Å². The van der Waals surface area contributed by atoms with Crippen molar-refractivity contribution in [1.82, 2.24) is 19.2 Å². The minimum atomic E-state index is -0.292. The number of rotatable bonds is 4. The van der Waals surface area contributed by atoms with Gasteiger partial charge in [-0.3, -0.25) is 9.59 Å². The van der Waals surface area contributed by atoms with E-state index >= 15 is 0 Å². The third-order valence-electron chi connectivity index (χ3n) is 6.33. The molecule has 0 N–H and O–H groups in total. The zero-order chi connectivity index (χ0) is 22.4. The molecule has 1 saturated heterocycles. The van der Waals surface area contributed by atoms with Gasteiger partial charge in [0.25, 0.3) is 5.56 Å². The SMILES string of the molecule is Cc1cc2c(s1)c1cnn(CC(=O)N3CCC(C)CC3)c(=O)c1n2Cc1ccc(F)cc1. The molecule has 8 heteroatoms. The van der Waals surface area contributed by atoms with Crippen molar-refractivity contribution in [3.63, 3.8) is 0 Å². The van der Waals surface area contributed by atoms with Gasteiger partial charge in [0.1, 0.15) is 17.9 Å². The molecule has 166 valence electrons. The number of aromatic nitrogens is 3. The number of nitrogens with zero attached hydrogens (tertiary/aromatic N) is 4. The van der Waals surface area contributed by atoms with Crippen molar-refractivity contribution in [2.24, 2.45) is 5.92 Å². The largest absolute Gasteiger partial charge is 0.341 e. The maximum atomic E-state index is 13.5. The van der Waals surface area contributed by atoms with Crippen molar-refractivity contribution in [2.75, 3.05) is 13.1 Å². The van der Waals surface area contributed by atoms with Crippen molar-refractivity contribution < 1.29 is 9.18 Å². The summed E-state index contributed by atoms with van der Waals surface area (Å²) in [5, 5.41) is 5.14. The van der Waals surface area contributed by atoms with Crippen LogP contribution >= 0.6 is 11.3 Å². The molecule has 4 aromatic rings. The molecule has 5 rings (SSSR count). The van der Waals surface area contributed by atoms with Gasteiger partial charge in [-0.05, 0) is 49.4 Å². The summed E-state index contributed by atoms with van der Waals surface area (Å²) >= 11 is 1.62. The number of halogens is 1. The first kappa shape index (κ1) is 20.9. The summed E-state index contributed by atoms with van der Waals surface area (Å²) in [5.41, 5.74) is 2.12. The first-order valence-corrected chi connectivity index (χ1v) is 11.7. The van der Waals surface area contributed by atoms with E-state index < -0.39 is 0 Å². The highest BCUT2D eigenvalue weighted by molar-refractivity contribution is 7.20. The number of carbonyl (C=O) groups is 1. The molecule has 1 aromatic carbocycles. The van der Waals surface area contributed by atoms with E-state index in [9.17, 15) is 14.0 Å². The lowest BCUT2D eigenvalue weighted by Gasteiger charge is -2.30. The Kier molecular flexibility index (Phi) is 5.33. The third kappa shape index (κ3) is 3.72. The van der Waals surface area contributed by atoms with E-state index in [2.05, 4.69) is 18.1 Å².